The number of nitrogens with one attached hydrogen (secondary N) is 1. The van der Waals surface area contributed by atoms with Crippen molar-refractivity contribution >= 4 is 0 Å². The van der Waals surface area contributed by atoms with E-state index in [1.165, 1.54) is 0 Å². The third-order valence-electron chi connectivity index (χ3n) is 2.39. The van der Waals surface area contributed by atoms with E-state index in [4.69, 9.17) is 5.84 Å². The van der Waals surface area contributed by atoms with E-state index in [9.17, 15) is 0 Å². The molecule has 0 aliphatic heterocycles. The summed E-state index contributed by atoms with van der Waals surface area (Å²) in [6.45, 7) is 4.34. The highest BCUT2D eigenvalue weighted by atomic mass is 15.2. The van der Waals surface area contributed by atoms with Gasteiger partial charge in [0, 0.05) is 12.4 Å². The van der Waals surface area contributed by atoms with Gasteiger partial charge >= 0.3 is 0 Å². The smallest absolute Gasteiger partial charge is 0.0772 e. The van der Waals surface area contributed by atoms with Gasteiger partial charge in [-0.15, -0.1) is 0 Å². The standard InChI is InChI=1S/C10H18N4/c1-3-4-8(2)10(14-11)9-7-12-5-6-13-9/h5-8,10,14H,3-4,11H2,1-2H3. The van der Waals surface area contributed by atoms with Crippen molar-refractivity contribution in [1.82, 2.24) is 15.4 Å². The zero-order valence-electron chi connectivity index (χ0n) is 8.77. The van der Waals surface area contributed by atoms with Crippen LogP contribution in [-0.4, -0.2) is 9.97 Å². The summed E-state index contributed by atoms with van der Waals surface area (Å²) < 4.78 is 0. The molecule has 0 fully saturated rings. The summed E-state index contributed by atoms with van der Waals surface area (Å²) in [5, 5.41) is 0. The van der Waals surface area contributed by atoms with Crippen LogP contribution in [0.2, 0.25) is 0 Å². The number of nitrogens with two attached hydrogens (primary N) is 1. The van der Waals surface area contributed by atoms with Crippen LogP contribution in [0.25, 0.3) is 0 Å². The van der Waals surface area contributed by atoms with Gasteiger partial charge in [0.2, 0.25) is 0 Å². The molecule has 1 aromatic heterocycles. The number of rotatable bonds is 5. The second-order valence-electron chi connectivity index (χ2n) is 3.54. The largest absolute Gasteiger partial charge is 0.271 e. The highest BCUT2D eigenvalue weighted by Gasteiger charge is 2.18. The molecule has 4 heteroatoms. The molecule has 0 bridgehead atoms. The molecule has 78 valence electrons. The van der Waals surface area contributed by atoms with E-state index >= 15 is 0 Å². The van der Waals surface area contributed by atoms with E-state index in [1.54, 1.807) is 18.6 Å². The van der Waals surface area contributed by atoms with Crippen LogP contribution in [-0.2, 0) is 0 Å². The van der Waals surface area contributed by atoms with Crippen LogP contribution < -0.4 is 11.3 Å². The number of aromatic nitrogens is 2. The predicted octanol–water partition coefficient (Wildman–Crippen LogP) is 1.42. The molecule has 0 saturated carbocycles. The van der Waals surface area contributed by atoms with E-state index in [1.807, 2.05) is 0 Å². The van der Waals surface area contributed by atoms with Gasteiger partial charge in [0.25, 0.3) is 0 Å². The third-order valence-corrected chi connectivity index (χ3v) is 2.39. The molecule has 0 aliphatic carbocycles. The summed E-state index contributed by atoms with van der Waals surface area (Å²) in [6, 6.07) is 0.101. The van der Waals surface area contributed by atoms with Crippen LogP contribution in [0.1, 0.15) is 38.4 Å². The van der Waals surface area contributed by atoms with Crippen LogP contribution in [0.3, 0.4) is 0 Å². The van der Waals surface area contributed by atoms with Crippen molar-refractivity contribution in [2.45, 2.75) is 32.7 Å². The van der Waals surface area contributed by atoms with E-state index in [0.717, 1.165) is 18.5 Å². The van der Waals surface area contributed by atoms with Crippen LogP contribution in [0.5, 0.6) is 0 Å². The fraction of sp³-hybridized carbons (Fsp3) is 0.600. The molecule has 2 unspecified atom stereocenters. The Morgan fingerprint density at radius 2 is 2.29 bits per heavy atom. The first kappa shape index (κ1) is 11.1. The summed E-state index contributed by atoms with van der Waals surface area (Å²) >= 11 is 0. The Morgan fingerprint density at radius 3 is 2.79 bits per heavy atom. The Balaban J connectivity index is 2.71. The van der Waals surface area contributed by atoms with E-state index in [0.29, 0.717) is 5.92 Å². The topological polar surface area (TPSA) is 63.8 Å². The maximum Gasteiger partial charge on any atom is 0.0772 e. The van der Waals surface area contributed by atoms with Gasteiger partial charge in [-0.25, -0.2) is 0 Å². The van der Waals surface area contributed by atoms with Gasteiger partial charge in [0.15, 0.2) is 0 Å². The van der Waals surface area contributed by atoms with Gasteiger partial charge in [-0.3, -0.25) is 21.2 Å². The molecule has 0 radical (unpaired) electrons. The van der Waals surface area contributed by atoms with E-state index in [2.05, 4.69) is 29.2 Å². The number of nitrogens with zero attached hydrogens (tertiary/aromatic N) is 2. The summed E-state index contributed by atoms with van der Waals surface area (Å²) in [5.74, 6) is 5.99. The normalized spacial score (nSPS) is 15.1. The molecular formula is C10H18N4. The maximum atomic E-state index is 5.52. The highest BCUT2D eigenvalue weighted by Crippen LogP contribution is 2.22. The molecule has 0 aliphatic rings. The van der Waals surface area contributed by atoms with Gasteiger partial charge in [-0.2, -0.15) is 0 Å². The lowest BCUT2D eigenvalue weighted by Gasteiger charge is -2.21. The molecule has 1 heterocycles. The first-order valence-electron chi connectivity index (χ1n) is 5.01. The van der Waals surface area contributed by atoms with Gasteiger partial charge in [-0.05, 0) is 12.3 Å². The second kappa shape index (κ2) is 5.67. The van der Waals surface area contributed by atoms with Gasteiger partial charge in [0.05, 0.1) is 17.9 Å². The average Bonchev–Trinajstić information content (AvgIpc) is 2.21. The summed E-state index contributed by atoms with van der Waals surface area (Å²) in [4.78, 5) is 8.29. The minimum atomic E-state index is 0.101. The van der Waals surface area contributed by atoms with Gasteiger partial charge < -0.3 is 0 Å². The fourth-order valence-electron chi connectivity index (χ4n) is 1.63. The van der Waals surface area contributed by atoms with Crippen molar-refractivity contribution in [2.24, 2.45) is 11.8 Å². The summed E-state index contributed by atoms with van der Waals surface area (Å²) in [6.07, 6.45) is 7.40. The van der Waals surface area contributed by atoms with Crippen molar-refractivity contribution in [1.29, 1.82) is 0 Å². The molecule has 0 amide bonds. The Bertz CT molecular complexity index is 250. The first-order valence-corrected chi connectivity index (χ1v) is 5.01. The molecular weight excluding hydrogens is 176 g/mol. The van der Waals surface area contributed by atoms with Crippen LogP contribution in [0.4, 0.5) is 0 Å². The highest BCUT2D eigenvalue weighted by molar-refractivity contribution is 5.03. The Hall–Kier alpha value is -1.00. The third kappa shape index (κ3) is 2.75. The second-order valence-corrected chi connectivity index (χ2v) is 3.54. The van der Waals surface area contributed by atoms with Gasteiger partial charge in [-0.1, -0.05) is 20.3 Å². The molecule has 2 atom stereocenters. The van der Waals surface area contributed by atoms with Crippen molar-refractivity contribution in [3.63, 3.8) is 0 Å². The van der Waals surface area contributed by atoms with E-state index < -0.39 is 0 Å². The fourth-order valence-corrected chi connectivity index (χ4v) is 1.63. The Labute approximate surface area is 84.9 Å². The average molecular weight is 194 g/mol. The lowest BCUT2D eigenvalue weighted by atomic mass is 9.95. The minimum absolute atomic E-state index is 0.101. The Kier molecular flexibility index (Phi) is 4.49. The molecule has 0 aromatic carbocycles. The lowest BCUT2D eigenvalue weighted by molar-refractivity contribution is 0.360. The number of hydrazine groups is 1. The van der Waals surface area contributed by atoms with Crippen LogP contribution >= 0.6 is 0 Å². The predicted molar refractivity (Wildman–Crippen MR) is 56.2 cm³/mol. The molecule has 0 saturated heterocycles. The zero-order valence-corrected chi connectivity index (χ0v) is 8.77. The monoisotopic (exact) mass is 194 g/mol. The summed E-state index contributed by atoms with van der Waals surface area (Å²) in [5.41, 5.74) is 3.71. The van der Waals surface area contributed by atoms with Crippen molar-refractivity contribution in [3.05, 3.63) is 24.3 Å². The van der Waals surface area contributed by atoms with E-state index in [-0.39, 0.29) is 6.04 Å². The lowest BCUT2D eigenvalue weighted by Crippen LogP contribution is -2.33. The molecule has 1 aromatic rings. The Morgan fingerprint density at radius 1 is 1.50 bits per heavy atom. The molecule has 14 heavy (non-hydrogen) atoms. The number of hydrogen-bond acceptors (Lipinski definition) is 4. The molecule has 4 nitrogen and oxygen atoms in total. The molecule has 1 rings (SSSR count). The van der Waals surface area contributed by atoms with Crippen molar-refractivity contribution in [2.75, 3.05) is 0 Å². The maximum absolute atomic E-state index is 5.52. The molecule has 3 N–H and O–H groups in total. The van der Waals surface area contributed by atoms with Crippen LogP contribution in [0.15, 0.2) is 18.6 Å². The quantitative estimate of drug-likeness (QED) is 0.549. The zero-order chi connectivity index (χ0) is 10.4. The van der Waals surface area contributed by atoms with Crippen molar-refractivity contribution < 1.29 is 0 Å². The number of hydrogen-bond donors (Lipinski definition) is 2. The van der Waals surface area contributed by atoms with Crippen LogP contribution in [0, 0.1) is 5.92 Å². The van der Waals surface area contributed by atoms with Gasteiger partial charge in [0.1, 0.15) is 0 Å². The SMILES string of the molecule is CCCC(C)C(NN)c1cnccn1. The minimum Gasteiger partial charge on any atom is -0.271 e. The summed E-state index contributed by atoms with van der Waals surface area (Å²) in [7, 11) is 0. The van der Waals surface area contributed by atoms with Crippen molar-refractivity contribution in [3.8, 4) is 0 Å². The molecule has 0 spiro atoms. The first-order chi connectivity index (χ1) is 6.79.